The molecule has 0 radical (unpaired) electrons. The normalized spacial score (nSPS) is 22.4. The van der Waals surface area contributed by atoms with Crippen LogP contribution in [0.25, 0.3) is 0 Å². The van der Waals surface area contributed by atoms with Crippen LogP contribution in [0, 0.1) is 11.8 Å². The van der Waals surface area contributed by atoms with Crippen LogP contribution in [-0.2, 0) is 0 Å². The standard InChI is InChI=1S/C14H18BrNO3/c15-11-4-5-13(18)12(6-11)14(19)16-7-9-2-1-3-10(9)8-17/h4-6,9-10,17-18H,1-3,7-8H2,(H,16,19). The number of aromatic hydroxyl groups is 1. The Balaban J connectivity index is 1.96. The summed E-state index contributed by atoms with van der Waals surface area (Å²) in [6, 6.07) is 4.78. The largest absolute Gasteiger partial charge is 0.507 e. The van der Waals surface area contributed by atoms with Crippen LogP contribution >= 0.6 is 15.9 Å². The second kappa shape index (κ2) is 6.39. The van der Waals surface area contributed by atoms with E-state index in [9.17, 15) is 15.0 Å². The number of carbonyl (C=O) groups is 1. The summed E-state index contributed by atoms with van der Waals surface area (Å²) in [4.78, 5) is 12.0. The van der Waals surface area contributed by atoms with Crippen molar-refractivity contribution < 1.29 is 15.0 Å². The van der Waals surface area contributed by atoms with Gasteiger partial charge in [0.25, 0.3) is 5.91 Å². The molecule has 1 amide bonds. The van der Waals surface area contributed by atoms with Crippen LogP contribution in [0.4, 0.5) is 0 Å². The Bertz CT molecular complexity index is 464. The number of phenols is 1. The highest BCUT2D eigenvalue weighted by Crippen LogP contribution is 2.30. The summed E-state index contributed by atoms with van der Waals surface area (Å²) in [5, 5.41) is 21.8. The zero-order valence-corrected chi connectivity index (χ0v) is 12.2. The first kappa shape index (κ1) is 14.3. The van der Waals surface area contributed by atoms with E-state index in [4.69, 9.17) is 0 Å². The van der Waals surface area contributed by atoms with E-state index in [0.29, 0.717) is 12.5 Å². The molecule has 3 N–H and O–H groups in total. The molecule has 2 atom stereocenters. The van der Waals surface area contributed by atoms with Gasteiger partial charge in [0, 0.05) is 17.6 Å². The number of carbonyl (C=O) groups excluding carboxylic acids is 1. The maximum atomic E-state index is 12.0. The molecular formula is C14H18BrNO3. The van der Waals surface area contributed by atoms with Gasteiger partial charge in [-0.1, -0.05) is 22.4 Å². The third kappa shape index (κ3) is 3.48. The number of phenolic OH excluding ortho intramolecular Hbond substituents is 1. The van der Waals surface area contributed by atoms with Crippen LogP contribution < -0.4 is 5.32 Å². The third-order valence-electron chi connectivity index (χ3n) is 3.78. The van der Waals surface area contributed by atoms with Crippen molar-refractivity contribution in [2.24, 2.45) is 11.8 Å². The molecule has 4 nitrogen and oxygen atoms in total. The molecule has 0 aliphatic heterocycles. The quantitative estimate of drug-likeness (QED) is 0.794. The fourth-order valence-corrected chi connectivity index (χ4v) is 2.99. The number of benzene rings is 1. The molecule has 1 aliphatic rings. The van der Waals surface area contributed by atoms with Gasteiger partial charge in [0.15, 0.2) is 0 Å². The van der Waals surface area contributed by atoms with E-state index in [0.717, 1.165) is 23.7 Å². The first-order valence-electron chi connectivity index (χ1n) is 6.49. The van der Waals surface area contributed by atoms with E-state index in [1.807, 2.05) is 0 Å². The van der Waals surface area contributed by atoms with Gasteiger partial charge in [-0.15, -0.1) is 0 Å². The lowest BCUT2D eigenvalue weighted by molar-refractivity contribution is 0.0935. The van der Waals surface area contributed by atoms with Crippen LogP contribution in [-0.4, -0.2) is 29.3 Å². The summed E-state index contributed by atoms with van der Waals surface area (Å²) >= 11 is 3.28. The van der Waals surface area contributed by atoms with E-state index in [1.165, 1.54) is 6.07 Å². The van der Waals surface area contributed by atoms with Crippen LogP contribution in [0.5, 0.6) is 5.75 Å². The predicted molar refractivity (Wildman–Crippen MR) is 76.1 cm³/mol. The SMILES string of the molecule is O=C(NCC1CCCC1CO)c1cc(Br)ccc1O. The topological polar surface area (TPSA) is 69.6 Å². The number of hydrogen-bond donors (Lipinski definition) is 3. The molecule has 0 aromatic heterocycles. The van der Waals surface area contributed by atoms with Gasteiger partial charge in [-0.3, -0.25) is 4.79 Å². The van der Waals surface area contributed by atoms with Crippen molar-refractivity contribution in [2.45, 2.75) is 19.3 Å². The van der Waals surface area contributed by atoms with Crippen LogP contribution in [0.1, 0.15) is 29.6 Å². The molecule has 5 heteroatoms. The average molecular weight is 328 g/mol. The van der Waals surface area contributed by atoms with Crippen LogP contribution in [0.3, 0.4) is 0 Å². The first-order valence-corrected chi connectivity index (χ1v) is 7.28. The Morgan fingerprint density at radius 3 is 2.84 bits per heavy atom. The molecule has 2 rings (SSSR count). The smallest absolute Gasteiger partial charge is 0.255 e. The molecule has 1 fully saturated rings. The molecule has 0 saturated heterocycles. The van der Waals surface area contributed by atoms with Gasteiger partial charge in [-0.2, -0.15) is 0 Å². The lowest BCUT2D eigenvalue weighted by Gasteiger charge is -2.18. The molecule has 1 aliphatic carbocycles. The summed E-state index contributed by atoms with van der Waals surface area (Å²) in [5.41, 5.74) is 0.271. The Morgan fingerprint density at radius 2 is 2.11 bits per heavy atom. The van der Waals surface area contributed by atoms with Crippen molar-refractivity contribution >= 4 is 21.8 Å². The lowest BCUT2D eigenvalue weighted by Crippen LogP contribution is -2.31. The molecule has 2 unspecified atom stereocenters. The van der Waals surface area contributed by atoms with Crippen LogP contribution in [0.15, 0.2) is 22.7 Å². The second-order valence-electron chi connectivity index (χ2n) is 5.01. The number of rotatable bonds is 4. The van der Waals surface area contributed by atoms with Gasteiger partial charge in [-0.05, 0) is 42.9 Å². The van der Waals surface area contributed by atoms with E-state index in [1.54, 1.807) is 12.1 Å². The van der Waals surface area contributed by atoms with Gasteiger partial charge in [0.2, 0.25) is 0 Å². The summed E-state index contributed by atoms with van der Waals surface area (Å²) in [6.45, 7) is 0.735. The highest BCUT2D eigenvalue weighted by Gasteiger charge is 2.27. The molecule has 1 saturated carbocycles. The molecule has 0 spiro atoms. The predicted octanol–water partition coefficient (Wildman–Crippen LogP) is 2.29. The maximum absolute atomic E-state index is 12.0. The fourth-order valence-electron chi connectivity index (χ4n) is 2.63. The van der Waals surface area contributed by atoms with Crippen molar-refractivity contribution in [3.05, 3.63) is 28.2 Å². The van der Waals surface area contributed by atoms with Crippen molar-refractivity contribution in [1.82, 2.24) is 5.32 Å². The van der Waals surface area contributed by atoms with Gasteiger partial charge >= 0.3 is 0 Å². The second-order valence-corrected chi connectivity index (χ2v) is 5.92. The van der Waals surface area contributed by atoms with Crippen molar-refractivity contribution in [2.75, 3.05) is 13.2 Å². The van der Waals surface area contributed by atoms with Gasteiger partial charge in [0.1, 0.15) is 5.75 Å². The molecule has 104 valence electrons. The molecule has 19 heavy (non-hydrogen) atoms. The van der Waals surface area contributed by atoms with Crippen molar-refractivity contribution in [3.63, 3.8) is 0 Å². The zero-order chi connectivity index (χ0) is 13.8. The van der Waals surface area contributed by atoms with Crippen molar-refractivity contribution in [3.8, 4) is 5.75 Å². The van der Waals surface area contributed by atoms with E-state index in [-0.39, 0.29) is 29.7 Å². The summed E-state index contributed by atoms with van der Waals surface area (Å²) in [5.74, 6) is 0.327. The van der Waals surface area contributed by atoms with Crippen molar-refractivity contribution in [1.29, 1.82) is 0 Å². The number of halogens is 1. The highest BCUT2D eigenvalue weighted by molar-refractivity contribution is 9.10. The van der Waals surface area contributed by atoms with Crippen LogP contribution in [0.2, 0.25) is 0 Å². The summed E-state index contributed by atoms with van der Waals surface area (Å²) < 4.78 is 0.754. The molecule has 1 aromatic rings. The third-order valence-corrected chi connectivity index (χ3v) is 4.27. The average Bonchev–Trinajstić information content (AvgIpc) is 2.86. The maximum Gasteiger partial charge on any atom is 0.255 e. The minimum absolute atomic E-state index is 0.0224. The summed E-state index contributed by atoms with van der Waals surface area (Å²) in [7, 11) is 0. The van der Waals surface area contributed by atoms with Gasteiger partial charge < -0.3 is 15.5 Å². The minimum atomic E-state index is -0.276. The van der Waals surface area contributed by atoms with E-state index >= 15 is 0 Å². The Hall–Kier alpha value is -1.07. The molecular weight excluding hydrogens is 310 g/mol. The summed E-state index contributed by atoms with van der Waals surface area (Å²) in [6.07, 6.45) is 3.17. The van der Waals surface area contributed by atoms with Gasteiger partial charge in [0.05, 0.1) is 5.56 Å². The molecule has 0 heterocycles. The first-order chi connectivity index (χ1) is 9.11. The lowest BCUT2D eigenvalue weighted by atomic mass is 9.97. The monoisotopic (exact) mass is 327 g/mol. The Labute approximate surface area is 121 Å². The molecule has 0 bridgehead atoms. The van der Waals surface area contributed by atoms with Gasteiger partial charge in [-0.25, -0.2) is 0 Å². The minimum Gasteiger partial charge on any atom is -0.507 e. The highest BCUT2D eigenvalue weighted by atomic mass is 79.9. The molecule has 1 aromatic carbocycles. The number of aliphatic hydroxyl groups excluding tert-OH is 1. The van der Waals surface area contributed by atoms with E-state index < -0.39 is 0 Å². The number of amides is 1. The number of hydrogen-bond acceptors (Lipinski definition) is 3. The number of nitrogens with one attached hydrogen (secondary N) is 1. The Morgan fingerprint density at radius 1 is 1.37 bits per heavy atom. The fraction of sp³-hybridized carbons (Fsp3) is 0.500. The number of aliphatic hydroxyl groups is 1. The Kier molecular flexibility index (Phi) is 4.82. The van der Waals surface area contributed by atoms with E-state index in [2.05, 4.69) is 21.2 Å². The zero-order valence-electron chi connectivity index (χ0n) is 10.6.